The van der Waals surface area contributed by atoms with Crippen molar-refractivity contribution in [2.45, 2.75) is 64.5 Å². The number of carbonyl (C=O) groups excluding carboxylic acids is 2. The molecule has 26 heavy (non-hydrogen) atoms. The molecule has 0 radical (unpaired) electrons. The zero-order valence-electron chi connectivity index (χ0n) is 16.4. The minimum absolute atomic E-state index is 0.162. The second kappa shape index (κ2) is 6.39. The molecule has 0 bridgehead atoms. The van der Waals surface area contributed by atoms with Gasteiger partial charge in [-0.2, -0.15) is 0 Å². The molecule has 2 saturated carbocycles. The van der Waals surface area contributed by atoms with E-state index in [4.69, 9.17) is 4.74 Å². The highest BCUT2D eigenvalue weighted by Gasteiger charge is 2.61. The molecule has 0 aromatic heterocycles. The van der Waals surface area contributed by atoms with Crippen molar-refractivity contribution in [1.82, 2.24) is 15.1 Å². The Morgan fingerprint density at radius 2 is 1.85 bits per heavy atom. The van der Waals surface area contributed by atoms with Crippen molar-refractivity contribution in [2.24, 2.45) is 17.3 Å². The van der Waals surface area contributed by atoms with E-state index in [1.54, 1.807) is 0 Å². The molecule has 6 heteroatoms. The second-order valence-corrected chi connectivity index (χ2v) is 9.96. The van der Waals surface area contributed by atoms with Crippen LogP contribution in [0.5, 0.6) is 0 Å². The summed E-state index contributed by atoms with van der Waals surface area (Å²) in [7, 11) is 0. The summed E-state index contributed by atoms with van der Waals surface area (Å²) in [5.41, 5.74) is -0.134. The normalized spacial score (nSPS) is 32.3. The van der Waals surface area contributed by atoms with Gasteiger partial charge in [0.05, 0.1) is 0 Å². The SMILES string of the molecule is CC(C)(C)OC(=O)N1C[C@@H]2C[C@]2(CN2CCC(NC(=O)C3CC3)CC2)C1. The Balaban J connectivity index is 1.22. The van der Waals surface area contributed by atoms with E-state index >= 15 is 0 Å². The van der Waals surface area contributed by atoms with Crippen molar-refractivity contribution >= 4 is 12.0 Å². The fraction of sp³-hybridized carbons (Fsp3) is 0.900. The molecular formula is C20H33N3O3. The summed E-state index contributed by atoms with van der Waals surface area (Å²) < 4.78 is 5.53. The third-order valence-corrected chi connectivity index (χ3v) is 6.38. The number of rotatable bonds is 4. The van der Waals surface area contributed by atoms with E-state index < -0.39 is 5.60 Å². The van der Waals surface area contributed by atoms with Crippen LogP contribution >= 0.6 is 0 Å². The summed E-state index contributed by atoms with van der Waals surface area (Å²) >= 11 is 0. The van der Waals surface area contributed by atoms with Crippen LogP contribution in [-0.2, 0) is 9.53 Å². The Bertz CT molecular complexity index is 575. The topological polar surface area (TPSA) is 61.9 Å². The van der Waals surface area contributed by atoms with Gasteiger partial charge in [-0.3, -0.25) is 4.79 Å². The highest BCUT2D eigenvalue weighted by atomic mass is 16.6. The largest absolute Gasteiger partial charge is 0.444 e. The molecule has 2 aliphatic carbocycles. The minimum Gasteiger partial charge on any atom is -0.444 e. The van der Waals surface area contributed by atoms with Gasteiger partial charge in [0, 0.05) is 50.1 Å². The molecule has 2 heterocycles. The zero-order chi connectivity index (χ0) is 18.5. The number of fused-ring (bicyclic) bond motifs is 1. The van der Waals surface area contributed by atoms with Crippen LogP contribution in [0.4, 0.5) is 4.79 Å². The lowest BCUT2D eigenvalue weighted by atomic mass is 10.0. The Morgan fingerprint density at radius 3 is 2.46 bits per heavy atom. The molecule has 1 N–H and O–H groups in total. The van der Waals surface area contributed by atoms with E-state index in [1.165, 1.54) is 6.42 Å². The van der Waals surface area contributed by atoms with E-state index in [-0.39, 0.29) is 12.0 Å². The van der Waals surface area contributed by atoms with E-state index in [2.05, 4.69) is 10.2 Å². The summed E-state index contributed by atoms with van der Waals surface area (Å²) in [4.78, 5) is 28.7. The number of nitrogens with zero attached hydrogens (tertiary/aromatic N) is 2. The molecule has 2 aliphatic heterocycles. The monoisotopic (exact) mass is 363 g/mol. The van der Waals surface area contributed by atoms with Crippen LogP contribution in [0, 0.1) is 17.3 Å². The maximum atomic E-state index is 12.3. The first-order chi connectivity index (χ1) is 12.2. The van der Waals surface area contributed by atoms with E-state index in [0.29, 0.717) is 23.3 Å². The number of carbonyl (C=O) groups is 2. The van der Waals surface area contributed by atoms with Gasteiger partial charge in [0.15, 0.2) is 0 Å². The number of hydrogen-bond donors (Lipinski definition) is 1. The maximum absolute atomic E-state index is 12.3. The fourth-order valence-corrected chi connectivity index (χ4v) is 4.65. The Hall–Kier alpha value is -1.30. The summed E-state index contributed by atoms with van der Waals surface area (Å²) in [6, 6.07) is 0.355. The Morgan fingerprint density at radius 1 is 1.15 bits per heavy atom. The standard InChI is InChI=1S/C20H33N3O3/c1-19(2,3)26-18(25)23-11-15-10-20(15,13-23)12-22-8-6-16(7-9-22)21-17(24)14-4-5-14/h14-16H,4-13H2,1-3H3,(H,21,24)/t15-,20-/m0/s1. The summed E-state index contributed by atoms with van der Waals surface area (Å²) in [5.74, 6) is 1.21. The van der Waals surface area contributed by atoms with Gasteiger partial charge in [-0.25, -0.2) is 4.79 Å². The number of likely N-dealkylation sites (tertiary alicyclic amines) is 2. The second-order valence-electron chi connectivity index (χ2n) is 9.96. The van der Waals surface area contributed by atoms with Gasteiger partial charge >= 0.3 is 6.09 Å². The number of ether oxygens (including phenoxy) is 1. The Kier molecular flexibility index (Phi) is 4.45. The quantitative estimate of drug-likeness (QED) is 0.832. The Labute approximate surface area is 156 Å². The highest BCUT2D eigenvalue weighted by Crippen LogP contribution is 2.58. The van der Waals surface area contributed by atoms with Crippen LogP contribution in [0.15, 0.2) is 0 Å². The van der Waals surface area contributed by atoms with Crippen LogP contribution in [0.3, 0.4) is 0 Å². The molecule has 146 valence electrons. The van der Waals surface area contributed by atoms with Crippen LogP contribution in [0.25, 0.3) is 0 Å². The summed E-state index contributed by atoms with van der Waals surface area (Å²) in [5, 5.41) is 3.22. The number of nitrogens with one attached hydrogen (secondary N) is 1. The lowest BCUT2D eigenvalue weighted by molar-refractivity contribution is -0.123. The molecule has 0 unspecified atom stereocenters. The number of amides is 2. The predicted molar refractivity (Wildman–Crippen MR) is 98.7 cm³/mol. The van der Waals surface area contributed by atoms with Gasteiger partial charge in [-0.1, -0.05) is 0 Å². The van der Waals surface area contributed by atoms with E-state index in [9.17, 15) is 9.59 Å². The number of hydrogen-bond acceptors (Lipinski definition) is 4. The molecule has 2 saturated heterocycles. The molecule has 0 aromatic carbocycles. The lowest BCUT2D eigenvalue weighted by Crippen LogP contribution is -2.47. The zero-order valence-corrected chi connectivity index (χ0v) is 16.4. The minimum atomic E-state index is -0.427. The van der Waals surface area contributed by atoms with Crippen LogP contribution in [-0.4, -0.2) is 66.2 Å². The fourth-order valence-electron chi connectivity index (χ4n) is 4.65. The third kappa shape index (κ3) is 4.00. The molecule has 0 spiro atoms. The highest BCUT2D eigenvalue weighted by molar-refractivity contribution is 5.81. The maximum Gasteiger partial charge on any atom is 0.410 e. The van der Waals surface area contributed by atoms with Crippen molar-refractivity contribution in [3.8, 4) is 0 Å². The van der Waals surface area contributed by atoms with Gasteiger partial charge in [-0.05, 0) is 58.8 Å². The molecule has 4 rings (SSSR count). The summed E-state index contributed by atoms with van der Waals surface area (Å²) in [6.45, 7) is 10.6. The first kappa shape index (κ1) is 18.1. The smallest absolute Gasteiger partial charge is 0.410 e. The molecule has 6 nitrogen and oxygen atoms in total. The van der Waals surface area contributed by atoms with Gasteiger partial charge in [0.2, 0.25) is 5.91 Å². The van der Waals surface area contributed by atoms with Crippen molar-refractivity contribution in [3.05, 3.63) is 0 Å². The van der Waals surface area contributed by atoms with Crippen molar-refractivity contribution in [3.63, 3.8) is 0 Å². The van der Waals surface area contributed by atoms with Gasteiger partial charge in [0.25, 0.3) is 0 Å². The molecule has 2 amide bonds. The molecule has 4 aliphatic rings. The first-order valence-corrected chi connectivity index (χ1v) is 10.2. The third-order valence-electron chi connectivity index (χ3n) is 6.38. The number of piperidine rings is 2. The molecule has 0 aromatic rings. The summed E-state index contributed by atoms with van der Waals surface area (Å²) in [6.07, 6.45) is 5.32. The average Bonchev–Trinajstić information content (AvgIpc) is 3.46. The van der Waals surface area contributed by atoms with Gasteiger partial charge < -0.3 is 19.9 Å². The molecule has 4 fully saturated rings. The van der Waals surface area contributed by atoms with E-state index in [1.807, 2.05) is 25.7 Å². The average molecular weight is 364 g/mol. The van der Waals surface area contributed by atoms with Gasteiger partial charge in [-0.15, -0.1) is 0 Å². The lowest BCUT2D eigenvalue weighted by Gasteiger charge is -2.35. The van der Waals surface area contributed by atoms with Crippen LogP contribution in [0.2, 0.25) is 0 Å². The van der Waals surface area contributed by atoms with Crippen molar-refractivity contribution in [1.29, 1.82) is 0 Å². The molecular weight excluding hydrogens is 330 g/mol. The van der Waals surface area contributed by atoms with Gasteiger partial charge in [0.1, 0.15) is 5.60 Å². The first-order valence-electron chi connectivity index (χ1n) is 10.2. The van der Waals surface area contributed by atoms with E-state index in [0.717, 1.165) is 58.4 Å². The predicted octanol–water partition coefficient (Wildman–Crippen LogP) is 2.23. The van der Waals surface area contributed by atoms with Crippen molar-refractivity contribution < 1.29 is 14.3 Å². The van der Waals surface area contributed by atoms with Crippen LogP contribution in [0.1, 0.15) is 52.9 Å². The molecule has 2 atom stereocenters. The van der Waals surface area contributed by atoms with Crippen molar-refractivity contribution in [2.75, 3.05) is 32.7 Å². The van der Waals surface area contributed by atoms with Crippen LogP contribution < -0.4 is 5.32 Å².